The Labute approximate surface area is 152 Å². The number of anilines is 1. The van der Waals surface area contributed by atoms with E-state index in [0.717, 1.165) is 22.9 Å². The summed E-state index contributed by atoms with van der Waals surface area (Å²) >= 11 is 3.45. The monoisotopic (exact) mass is 399 g/mol. The van der Waals surface area contributed by atoms with Crippen LogP contribution in [0.4, 0.5) is 10.1 Å². The molecule has 0 unspecified atom stereocenters. The van der Waals surface area contributed by atoms with Gasteiger partial charge in [-0.2, -0.15) is 5.10 Å². The highest BCUT2D eigenvalue weighted by molar-refractivity contribution is 9.10. The summed E-state index contributed by atoms with van der Waals surface area (Å²) < 4.78 is 16.7. The smallest absolute Gasteiger partial charge is 0.235 e. The molecule has 4 rings (SSSR count). The maximum Gasteiger partial charge on any atom is 0.235 e. The van der Waals surface area contributed by atoms with Crippen molar-refractivity contribution in [2.45, 2.75) is 18.3 Å². The lowest BCUT2D eigenvalue weighted by Gasteiger charge is -2.16. The molecule has 126 valence electrons. The molecule has 1 aromatic heterocycles. The lowest BCUT2D eigenvalue weighted by Crippen LogP contribution is -2.27. The third-order valence-corrected chi connectivity index (χ3v) is 5.01. The van der Waals surface area contributed by atoms with E-state index in [-0.39, 0.29) is 5.91 Å². The molecular formula is C19H15BrFN3O. The van der Waals surface area contributed by atoms with Gasteiger partial charge in [0.05, 0.1) is 5.41 Å². The first kappa shape index (κ1) is 16.0. The summed E-state index contributed by atoms with van der Waals surface area (Å²) in [5, 5.41) is 6.87. The molecule has 1 fully saturated rings. The maximum atomic E-state index is 14.3. The summed E-state index contributed by atoms with van der Waals surface area (Å²) in [6.07, 6.45) is 4.85. The van der Waals surface area contributed by atoms with E-state index >= 15 is 0 Å². The van der Waals surface area contributed by atoms with E-state index < -0.39 is 11.2 Å². The second-order valence-corrected chi connectivity index (χ2v) is 7.08. The molecule has 3 aromatic rings. The summed E-state index contributed by atoms with van der Waals surface area (Å²) in [6, 6.07) is 14.1. The van der Waals surface area contributed by atoms with Gasteiger partial charge in [-0.15, -0.1) is 0 Å². The average Bonchev–Trinajstić information content (AvgIpc) is 3.24. The number of nitrogens with one attached hydrogen (secondary N) is 1. The number of carbonyl (C=O) groups is 1. The van der Waals surface area contributed by atoms with Crippen molar-refractivity contribution < 1.29 is 9.18 Å². The van der Waals surface area contributed by atoms with E-state index in [1.165, 1.54) is 10.7 Å². The molecule has 6 heteroatoms. The lowest BCUT2D eigenvalue weighted by molar-refractivity contribution is -0.118. The van der Waals surface area contributed by atoms with Crippen molar-refractivity contribution in [1.29, 1.82) is 0 Å². The Bertz CT molecular complexity index is 936. The van der Waals surface area contributed by atoms with Gasteiger partial charge >= 0.3 is 0 Å². The van der Waals surface area contributed by atoms with Gasteiger partial charge in [0.25, 0.3) is 0 Å². The van der Waals surface area contributed by atoms with Crippen molar-refractivity contribution in [3.8, 4) is 5.69 Å². The largest absolute Gasteiger partial charge is 0.325 e. The van der Waals surface area contributed by atoms with Crippen LogP contribution in [0.25, 0.3) is 5.69 Å². The zero-order valence-electron chi connectivity index (χ0n) is 13.2. The fraction of sp³-hybridized carbons (Fsp3) is 0.158. The Morgan fingerprint density at radius 1 is 1.20 bits per heavy atom. The fourth-order valence-corrected chi connectivity index (χ4v) is 3.39. The van der Waals surface area contributed by atoms with Crippen LogP contribution in [0, 0.1) is 5.82 Å². The Morgan fingerprint density at radius 2 is 2.04 bits per heavy atom. The van der Waals surface area contributed by atoms with E-state index in [9.17, 15) is 9.18 Å². The zero-order valence-corrected chi connectivity index (χ0v) is 14.8. The van der Waals surface area contributed by atoms with Crippen LogP contribution in [-0.2, 0) is 10.2 Å². The number of halogens is 2. The number of hydrogen-bond donors (Lipinski definition) is 1. The molecule has 1 aliphatic rings. The predicted octanol–water partition coefficient (Wildman–Crippen LogP) is 4.44. The lowest BCUT2D eigenvalue weighted by atomic mass is 9.95. The molecule has 0 bridgehead atoms. The first-order chi connectivity index (χ1) is 12.1. The molecule has 0 spiro atoms. The molecule has 1 N–H and O–H groups in total. The van der Waals surface area contributed by atoms with Crippen molar-refractivity contribution in [3.05, 3.63) is 76.8 Å². The van der Waals surface area contributed by atoms with Gasteiger partial charge in [-0.25, -0.2) is 9.07 Å². The fourth-order valence-electron chi connectivity index (χ4n) is 2.99. The molecule has 0 radical (unpaired) electrons. The van der Waals surface area contributed by atoms with Gasteiger partial charge in [-0.05, 0) is 54.8 Å². The number of hydrogen-bond acceptors (Lipinski definition) is 2. The van der Waals surface area contributed by atoms with Crippen LogP contribution in [0.5, 0.6) is 0 Å². The van der Waals surface area contributed by atoms with Crippen LogP contribution in [0.2, 0.25) is 0 Å². The minimum Gasteiger partial charge on any atom is -0.325 e. The van der Waals surface area contributed by atoms with Crippen LogP contribution < -0.4 is 5.32 Å². The summed E-state index contributed by atoms with van der Waals surface area (Å²) in [5.74, 6) is -0.536. The quantitative estimate of drug-likeness (QED) is 0.704. The van der Waals surface area contributed by atoms with Crippen LogP contribution in [0.1, 0.15) is 18.4 Å². The topological polar surface area (TPSA) is 46.9 Å². The number of amides is 1. The van der Waals surface area contributed by atoms with Gasteiger partial charge in [-0.3, -0.25) is 4.79 Å². The van der Waals surface area contributed by atoms with Crippen molar-refractivity contribution >= 4 is 27.5 Å². The Balaban J connectivity index is 1.56. The van der Waals surface area contributed by atoms with Crippen molar-refractivity contribution in [2.24, 2.45) is 0 Å². The van der Waals surface area contributed by atoms with E-state index in [1.807, 2.05) is 24.3 Å². The molecule has 2 aromatic carbocycles. The molecule has 1 aliphatic carbocycles. The third kappa shape index (κ3) is 2.98. The minimum absolute atomic E-state index is 0.100. The molecule has 1 amide bonds. The average molecular weight is 400 g/mol. The SMILES string of the molecule is O=C(Nc1ccc(-n2cccn2)c(F)c1)C1(c2cccc(Br)c2)CC1. The van der Waals surface area contributed by atoms with Gasteiger partial charge in [-0.1, -0.05) is 28.1 Å². The van der Waals surface area contributed by atoms with Gasteiger partial charge < -0.3 is 5.32 Å². The molecule has 1 heterocycles. The summed E-state index contributed by atoms with van der Waals surface area (Å²) in [4.78, 5) is 12.8. The Morgan fingerprint density at radius 3 is 2.68 bits per heavy atom. The molecular weight excluding hydrogens is 385 g/mol. The summed E-state index contributed by atoms with van der Waals surface area (Å²) in [6.45, 7) is 0. The number of aromatic nitrogens is 2. The third-order valence-electron chi connectivity index (χ3n) is 4.52. The van der Waals surface area contributed by atoms with Crippen LogP contribution in [-0.4, -0.2) is 15.7 Å². The summed E-state index contributed by atoms with van der Waals surface area (Å²) in [7, 11) is 0. The van der Waals surface area contributed by atoms with E-state index in [4.69, 9.17) is 0 Å². The van der Waals surface area contributed by atoms with Crippen LogP contribution >= 0.6 is 15.9 Å². The molecule has 1 saturated carbocycles. The Kier molecular flexibility index (Phi) is 3.92. The highest BCUT2D eigenvalue weighted by Gasteiger charge is 2.51. The molecule has 25 heavy (non-hydrogen) atoms. The summed E-state index contributed by atoms with van der Waals surface area (Å²) in [5.41, 5.74) is 1.25. The first-order valence-corrected chi connectivity index (χ1v) is 8.75. The minimum atomic E-state index is -0.513. The van der Waals surface area contributed by atoms with Crippen molar-refractivity contribution in [3.63, 3.8) is 0 Å². The second-order valence-electron chi connectivity index (χ2n) is 6.16. The van der Waals surface area contributed by atoms with E-state index in [1.54, 1.807) is 30.6 Å². The number of nitrogens with zero attached hydrogens (tertiary/aromatic N) is 2. The highest BCUT2D eigenvalue weighted by Crippen LogP contribution is 2.49. The molecule has 0 aliphatic heterocycles. The molecule has 0 saturated heterocycles. The number of carbonyl (C=O) groups excluding carboxylic acids is 1. The molecule has 0 atom stereocenters. The standard InChI is InChI=1S/C19H15BrFN3O/c20-14-4-1-3-13(11-14)19(7-8-19)18(25)23-15-5-6-17(16(21)12-15)24-10-2-9-22-24/h1-6,9-12H,7-8H2,(H,23,25). The van der Waals surface area contributed by atoms with Crippen LogP contribution in [0.15, 0.2) is 65.4 Å². The second kappa shape index (κ2) is 6.11. The number of benzene rings is 2. The highest BCUT2D eigenvalue weighted by atomic mass is 79.9. The molecule has 4 nitrogen and oxygen atoms in total. The Hall–Kier alpha value is -2.47. The van der Waals surface area contributed by atoms with E-state index in [0.29, 0.717) is 11.4 Å². The first-order valence-electron chi connectivity index (χ1n) is 7.96. The van der Waals surface area contributed by atoms with Crippen molar-refractivity contribution in [2.75, 3.05) is 5.32 Å². The van der Waals surface area contributed by atoms with Crippen LogP contribution in [0.3, 0.4) is 0 Å². The van der Waals surface area contributed by atoms with E-state index in [2.05, 4.69) is 26.3 Å². The number of rotatable bonds is 4. The predicted molar refractivity (Wildman–Crippen MR) is 97.2 cm³/mol. The van der Waals surface area contributed by atoms with Gasteiger partial charge in [0, 0.05) is 22.6 Å². The van der Waals surface area contributed by atoms with Gasteiger partial charge in [0.2, 0.25) is 5.91 Å². The van der Waals surface area contributed by atoms with Gasteiger partial charge in [0.15, 0.2) is 5.82 Å². The zero-order chi connectivity index (χ0) is 17.4. The normalized spacial score (nSPS) is 15.0. The maximum absolute atomic E-state index is 14.3. The van der Waals surface area contributed by atoms with Gasteiger partial charge in [0.1, 0.15) is 5.69 Å². The van der Waals surface area contributed by atoms with Crippen molar-refractivity contribution in [1.82, 2.24) is 9.78 Å².